The number of rotatable bonds is 0. The SMILES string of the molecule is O=C1C=CC2=CC(=O)c3c4c(ccc3=C12)=CC=CC4. The van der Waals surface area contributed by atoms with Crippen molar-refractivity contribution >= 4 is 23.2 Å². The summed E-state index contributed by atoms with van der Waals surface area (Å²) in [6, 6.07) is 3.89. The Kier molecular flexibility index (Phi) is 1.93. The first-order valence-corrected chi connectivity index (χ1v) is 6.27. The molecule has 0 fully saturated rings. The van der Waals surface area contributed by atoms with Gasteiger partial charge in [0.05, 0.1) is 0 Å². The number of benzene rings is 1. The topological polar surface area (TPSA) is 34.1 Å². The Balaban J connectivity index is 2.20. The molecule has 0 bridgehead atoms. The highest BCUT2D eigenvalue weighted by molar-refractivity contribution is 6.33. The Morgan fingerprint density at radius 3 is 2.79 bits per heavy atom. The van der Waals surface area contributed by atoms with Crippen LogP contribution in [0.5, 0.6) is 0 Å². The van der Waals surface area contributed by atoms with Crippen molar-refractivity contribution in [2.45, 2.75) is 6.42 Å². The summed E-state index contributed by atoms with van der Waals surface area (Å²) in [5.74, 6) is 0.00364. The van der Waals surface area contributed by atoms with Crippen molar-refractivity contribution < 1.29 is 9.59 Å². The molecule has 0 unspecified atom stereocenters. The molecule has 0 aromatic heterocycles. The zero-order chi connectivity index (χ0) is 13.0. The van der Waals surface area contributed by atoms with Crippen LogP contribution in [0.15, 0.2) is 48.1 Å². The van der Waals surface area contributed by atoms with Gasteiger partial charge in [-0.15, -0.1) is 0 Å². The standard InChI is InChI=1S/C17H10O2/c18-14-8-6-11-9-15(19)17-12-4-2-1-3-10(12)5-7-13(17)16(11)14/h1-3,5-9H,4H2. The number of fused-ring (bicyclic) bond motifs is 4. The minimum absolute atomic E-state index is 0.00437. The van der Waals surface area contributed by atoms with E-state index in [-0.39, 0.29) is 11.6 Å². The maximum Gasteiger partial charge on any atom is 0.187 e. The molecule has 2 heteroatoms. The molecule has 0 amide bonds. The van der Waals surface area contributed by atoms with Crippen LogP contribution in [0.4, 0.5) is 0 Å². The zero-order valence-electron chi connectivity index (χ0n) is 10.1. The molecule has 19 heavy (non-hydrogen) atoms. The molecule has 0 atom stereocenters. The van der Waals surface area contributed by atoms with E-state index in [1.807, 2.05) is 30.4 Å². The van der Waals surface area contributed by atoms with E-state index in [0.717, 1.165) is 28.0 Å². The van der Waals surface area contributed by atoms with Crippen LogP contribution in [-0.4, -0.2) is 11.6 Å². The van der Waals surface area contributed by atoms with E-state index in [1.165, 1.54) is 6.08 Å². The van der Waals surface area contributed by atoms with Crippen LogP contribution in [0.25, 0.3) is 11.6 Å². The van der Waals surface area contributed by atoms with Crippen LogP contribution in [0, 0.1) is 0 Å². The van der Waals surface area contributed by atoms with E-state index >= 15 is 0 Å². The molecular formula is C17H10O2. The molecule has 1 aromatic rings. The van der Waals surface area contributed by atoms with Crippen molar-refractivity contribution in [2.75, 3.05) is 0 Å². The molecule has 0 saturated heterocycles. The molecule has 0 N–H and O–H groups in total. The Morgan fingerprint density at radius 1 is 1.00 bits per heavy atom. The number of hydrogen-bond acceptors (Lipinski definition) is 2. The highest BCUT2D eigenvalue weighted by Crippen LogP contribution is 2.25. The second-order valence-corrected chi connectivity index (χ2v) is 4.89. The Labute approximate surface area is 109 Å². The summed E-state index contributed by atoms with van der Waals surface area (Å²) in [6.07, 6.45) is 11.6. The summed E-state index contributed by atoms with van der Waals surface area (Å²) in [5, 5.41) is 1.87. The summed E-state index contributed by atoms with van der Waals surface area (Å²) in [5.41, 5.74) is 3.16. The second-order valence-electron chi connectivity index (χ2n) is 4.89. The predicted octanol–water partition coefficient (Wildman–Crippen LogP) is 0.992. The molecule has 3 aliphatic rings. The molecule has 0 radical (unpaired) electrons. The Hall–Kier alpha value is -2.48. The van der Waals surface area contributed by atoms with Gasteiger partial charge in [0.25, 0.3) is 0 Å². The first kappa shape index (κ1) is 10.4. The monoisotopic (exact) mass is 246 g/mol. The lowest BCUT2D eigenvalue weighted by Crippen LogP contribution is -2.30. The van der Waals surface area contributed by atoms with Crippen molar-refractivity contribution in [2.24, 2.45) is 0 Å². The minimum Gasteiger partial charge on any atom is -0.289 e. The van der Waals surface area contributed by atoms with Gasteiger partial charge in [0, 0.05) is 11.1 Å². The van der Waals surface area contributed by atoms with Gasteiger partial charge in [0.2, 0.25) is 0 Å². The molecule has 2 nitrogen and oxygen atoms in total. The van der Waals surface area contributed by atoms with Gasteiger partial charge in [-0.25, -0.2) is 0 Å². The van der Waals surface area contributed by atoms with Gasteiger partial charge in [-0.1, -0.05) is 36.4 Å². The summed E-state index contributed by atoms with van der Waals surface area (Å²) >= 11 is 0. The summed E-state index contributed by atoms with van der Waals surface area (Å²) < 4.78 is 0. The van der Waals surface area contributed by atoms with Gasteiger partial charge in [0.1, 0.15) is 0 Å². The lowest BCUT2D eigenvalue weighted by atomic mass is 9.86. The third-order valence-electron chi connectivity index (χ3n) is 3.83. The molecule has 0 aliphatic heterocycles. The zero-order valence-corrected chi connectivity index (χ0v) is 10.1. The molecule has 3 aliphatic carbocycles. The number of hydrogen-bond donors (Lipinski definition) is 0. The van der Waals surface area contributed by atoms with Gasteiger partial charge in [-0.2, -0.15) is 0 Å². The first-order chi connectivity index (χ1) is 9.25. The summed E-state index contributed by atoms with van der Waals surface area (Å²) in [6.45, 7) is 0. The van der Waals surface area contributed by atoms with E-state index in [2.05, 4.69) is 0 Å². The largest absolute Gasteiger partial charge is 0.289 e. The van der Waals surface area contributed by atoms with Crippen molar-refractivity contribution in [1.82, 2.24) is 0 Å². The van der Waals surface area contributed by atoms with E-state index in [9.17, 15) is 9.59 Å². The number of ketones is 2. The van der Waals surface area contributed by atoms with Crippen LogP contribution < -0.4 is 10.4 Å². The third kappa shape index (κ3) is 1.31. The summed E-state index contributed by atoms with van der Waals surface area (Å²) in [7, 11) is 0. The van der Waals surface area contributed by atoms with E-state index in [4.69, 9.17) is 0 Å². The highest BCUT2D eigenvalue weighted by Gasteiger charge is 2.26. The van der Waals surface area contributed by atoms with Crippen molar-refractivity contribution in [3.05, 3.63) is 69.7 Å². The average molecular weight is 246 g/mol. The van der Waals surface area contributed by atoms with Crippen molar-refractivity contribution in [3.8, 4) is 0 Å². The number of allylic oxidation sites excluding steroid dienone is 6. The fourth-order valence-corrected chi connectivity index (χ4v) is 2.98. The average Bonchev–Trinajstić information content (AvgIpc) is 2.79. The minimum atomic E-state index is -0.00437. The maximum atomic E-state index is 12.3. The molecular weight excluding hydrogens is 236 g/mol. The van der Waals surface area contributed by atoms with Crippen LogP contribution in [0.2, 0.25) is 0 Å². The van der Waals surface area contributed by atoms with Crippen molar-refractivity contribution in [1.29, 1.82) is 0 Å². The lowest BCUT2D eigenvalue weighted by molar-refractivity contribution is -0.109. The van der Waals surface area contributed by atoms with Crippen LogP contribution >= 0.6 is 0 Å². The Morgan fingerprint density at radius 2 is 1.89 bits per heavy atom. The number of carbonyl (C=O) groups is 2. The summed E-state index contributed by atoms with van der Waals surface area (Å²) in [4.78, 5) is 24.3. The van der Waals surface area contributed by atoms with Gasteiger partial charge < -0.3 is 0 Å². The molecule has 1 aromatic carbocycles. The molecule has 0 saturated carbocycles. The van der Waals surface area contributed by atoms with Crippen LogP contribution in [0.1, 0.15) is 15.9 Å². The molecule has 90 valence electrons. The van der Waals surface area contributed by atoms with E-state index in [0.29, 0.717) is 11.1 Å². The number of carbonyl (C=O) groups excluding carboxylic acids is 2. The normalized spacial score (nSPS) is 18.7. The molecule has 0 spiro atoms. The van der Waals surface area contributed by atoms with E-state index in [1.54, 1.807) is 12.2 Å². The molecule has 0 heterocycles. The van der Waals surface area contributed by atoms with Gasteiger partial charge in [-0.05, 0) is 40.1 Å². The van der Waals surface area contributed by atoms with Gasteiger partial charge in [0.15, 0.2) is 11.6 Å². The maximum absolute atomic E-state index is 12.3. The van der Waals surface area contributed by atoms with Crippen LogP contribution in [0.3, 0.4) is 0 Å². The molecule has 4 rings (SSSR count). The van der Waals surface area contributed by atoms with Crippen LogP contribution in [-0.2, 0) is 11.2 Å². The first-order valence-electron chi connectivity index (χ1n) is 6.27. The van der Waals surface area contributed by atoms with Crippen molar-refractivity contribution in [3.63, 3.8) is 0 Å². The second kappa shape index (κ2) is 3.51. The smallest absolute Gasteiger partial charge is 0.187 e. The van der Waals surface area contributed by atoms with Gasteiger partial charge >= 0.3 is 0 Å². The van der Waals surface area contributed by atoms with Gasteiger partial charge in [-0.3, -0.25) is 9.59 Å². The third-order valence-corrected chi connectivity index (χ3v) is 3.83. The predicted molar refractivity (Wildman–Crippen MR) is 73.0 cm³/mol. The Bertz CT molecular complexity index is 861. The quantitative estimate of drug-likeness (QED) is 0.684. The lowest BCUT2D eigenvalue weighted by Gasteiger charge is -2.15. The fourth-order valence-electron chi connectivity index (χ4n) is 2.98. The fraction of sp³-hybridized carbons (Fsp3) is 0.0588. The highest BCUT2D eigenvalue weighted by atomic mass is 16.1. The van der Waals surface area contributed by atoms with E-state index < -0.39 is 0 Å².